The van der Waals surface area contributed by atoms with Crippen LogP contribution in [0.3, 0.4) is 0 Å². The third-order valence-corrected chi connectivity index (χ3v) is 5.24. The van der Waals surface area contributed by atoms with Gasteiger partial charge in [0.05, 0.1) is 16.3 Å². The number of thiazole rings is 1. The summed E-state index contributed by atoms with van der Waals surface area (Å²) in [6, 6.07) is 16.5. The zero-order valence-corrected chi connectivity index (χ0v) is 16.1. The van der Waals surface area contributed by atoms with Gasteiger partial charge >= 0.3 is 0 Å². The largest absolute Gasteiger partial charge is 0.351 e. The van der Waals surface area contributed by atoms with Crippen LogP contribution in [0.4, 0.5) is 0 Å². The van der Waals surface area contributed by atoms with E-state index >= 15 is 0 Å². The second-order valence-corrected chi connectivity index (χ2v) is 7.55. The molecule has 0 spiro atoms. The lowest BCUT2D eigenvalue weighted by molar-refractivity contribution is -0.116. The third kappa shape index (κ3) is 4.56. The Morgan fingerprint density at radius 2 is 1.92 bits per heavy atom. The molecule has 3 aromatic rings. The van der Waals surface area contributed by atoms with E-state index in [0.717, 1.165) is 15.2 Å². The van der Waals surface area contributed by atoms with Gasteiger partial charge in [-0.25, -0.2) is 4.98 Å². The van der Waals surface area contributed by atoms with Gasteiger partial charge in [-0.1, -0.05) is 42.0 Å². The molecule has 134 valence electrons. The molecular weight excluding hydrogens is 342 g/mol. The summed E-state index contributed by atoms with van der Waals surface area (Å²) in [5.41, 5.74) is 3.38. The van der Waals surface area contributed by atoms with Crippen LogP contribution in [0.1, 0.15) is 22.2 Å². The van der Waals surface area contributed by atoms with Gasteiger partial charge < -0.3 is 10.2 Å². The first kappa shape index (κ1) is 18.3. The summed E-state index contributed by atoms with van der Waals surface area (Å²) in [7, 11) is 4.04. The fourth-order valence-corrected chi connectivity index (χ4v) is 3.62. The summed E-state index contributed by atoms with van der Waals surface area (Å²) >= 11 is 1.58. The van der Waals surface area contributed by atoms with Crippen molar-refractivity contribution in [2.24, 2.45) is 0 Å². The molecule has 1 aromatic heterocycles. The molecule has 1 amide bonds. The van der Waals surface area contributed by atoms with Crippen molar-refractivity contribution in [3.63, 3.8) is 0 Å². The van der Waals surface area contributed by atoms with Gasteiger partial charge in [-0.3, -0.25) is 4.79 Å². The molecule has 26 heavy (non-hydrogen) atoms. The lowest BCUT2D eigenvalue weighted by Crippen LogP contribution is -2.33. The molecule has 1 N–H and O–H groups in total. The van der Waals surface area contributed by atoms with Crippen LogP contribution in [0.25, 0.3) is 16.3 Å². The van der Waals surface area contributed by atoms with E-state index in [-0.39, 0.29) is 11.9 Å². The first-order chi connectivity index (χ1) is 12.5. The predicted octanol–water partition coefficient (Wildman–Crippen LogP) is 4.04. The summed E-state index contributed by atoms with van der Waals surface area (Å²) in [5, 5.41) is 3.83. The average Bonchev–Trinajstić information content (AvgIpc) is 3.04. The number of amides is 1. The van der Waals surface area contributed by atoms with Crippen LogP contribution in [0.5, 0.6) is 0 Å². The molecule has 0 saturated heterocycles. The Bertz CT molecular complexity index is 879. The van der Waals surface area contributed by atoms with Crippen molar-refractivity contribution in [1.82, 2.24) is 15.2 Å². The Morgan fingerprint density at radius 3 is 2.62 bits per heavy atom. The van der Waals surface area contributed by atoms with E-state index in [2.05, 4.69) is 46.4 Å². The number of nitrogens with zero attached hydrogens (tertiary/aromatic N) is 2. The zero-order valence-electron chi connectivity index (χ0n) is 15.3. The van der Waals surface area contributed by atoms with Crippen molar-refractivity contribution in [1.29, 1.82) is 0 Å². The minimum Gasteiger partial charge on any atom is -0.351 e. The van der Waals surface area contributed by atoms with Crippen LogP contribution >= 0.6 is 11.3 Å². The average molecular weight is 366 g/mol. The summed E-state index contributed by atoms with van der Waals surface area (Å²) in [6.07, 6.45) is 3.33. The molecule has 1 atom stereocenters. The molecule has 0 bridgehead atoms. The highest BCUT2D eigenvalue weighted by Gasteiger charge is 2.14. The Kier molecular flexibility index (Phi) is 5.81. The van der Waals surface area contributed by atoms with Gasteiger partial charge in [0.15, 0.2) is 0 Å². The van der Waals surface area contributed by atoms with E-state index in [9.17, 15) is 4.79 Å². The van der Waals surface area contributed by atoms with Crippen LogP contribution in [0.15, 0.2) is 54.6 Å². The Labute approximate surface area is 158 Å². The second-order valence-electron chi connectivity index (χ2n) is 6.49. The Morgan fingerprint density at radius 1 is 1.19 bits per heavy atom. The smallest absolute Gasteiger partial charge is 0.244 e. The first-order valence-corrected chi connectivity index (χ1v) is 9.39. The Hall–Kier alpha value is -2.50. The van der Waals surface area contributed by atoms with Crippen LogP contribution in [0.2, 0.25) is 0 Å². The first-order valence-electron chi connectivity index (χ1n) is 8.57. The molecule has 1 unspecified atom stereocenters. The van der Waals surface area contributed by atoms with E-state index in [1.54, 1.807) is 23.5 Å². The molecule has 0 aliphatic carbocycles. The topological polar surface area (TPSA) is 45.2 Å². The number of hydrogen-bond acceptors (Lipinski definition) is 4. The number of rotatable bonds is 6. The van der Waals surface area contributed by atoms with Gasteiger partial charge in [-0.2, -0.15) is 0 Å². The minimum atomic E-state index is -0.108. The molecule has 5 heteroatoms. The summed E-state index contributed by atoms with van der Waals surface area (Å²) in [5.74, 6) is -0.108. The van der Waals surface area contributed by atoms with Crippen LogP contribution in [-0.4, -0.2) is 36.4 Å². The molecule has 3 rings (SSSR count). The number of para-hydroxylation sites is 1. The highest BCUT2D eigenvalue weighted by atomic mass is 32.1. The van der Waals surface area contributed by atoms with Crippen molar-refractivity contribution >= 4 is 33.5 Å². The minimum absolute atomic E-state index is 0.108. The van der Waals surface area contributed by atoms with Crippen molar-refractivity contribution in [2.45, 2.75) is 13.0 Å². The summed E-state index contributed by atoms with van der Waals surface area (Å²) < 4.78 is 1.12. The number of likely N-dealkylation sites (N-methyl/N-ethyl adjacent to an activating group) is 1. The normalized spacial score (nSPS) is 12.8. The number of carbonyl (C=O) groups excluding carboxylic acids is 1. The molecule has 2 aromatic carbocycles. The lowest BCUT2D eigenvalue weighted by Gasteiger charge is -2.25. The van der Waals surface area contributed by atoms with Gasteiger partial charge in [0, 0.05) is 12.6 Å². The standard InChI is InChI=1S/C21H23N3OS/c1-15-8-10-16(11-9-15)18(24(2)3)14-22-20(25)12-13-21-23-17-6-4-5-7-19(17)26-21/h4-13,18H,14H2,1-3H3,(H,22,25)/b13-12+. The van der Waals surface area contributed by atoms with Crippen molar-refractivity contribution in [3.8, 4) is 0 Å². The molecule has 0 aliphatic rings. The maximum absolute atomic E-state index is 12.2. The molecule has 0 radical (unpaired) electrons. The highest BCUT2D eigenvalue weighted by Crippen LogP contribution is 2.22. The van der Waals surface area contributed by atoms with Gasteiger partial charge in [-0.15, -0.1) is 11.3 Å². The van der Waals surface area contributed by atoms with E-state index in [0.29, 0.717) is 6.54 Å². The van der Waals surface area contributed by atoms with E-state index in [1.165, 1.54) is 11.1 Å². The SMILES string of the molecule is Cc1ccc(C(CNC(=O)/C=C/c2nc3ccccc3s2)N(C)C)cc1. The van der Waals surface area contributed by atoms with Crippen molar-refractivity contribution in [2.75, 3.05) is 20.6 Å². The monoisotopic (exact) mass is 365 g/mol. The molecular formula is C21H23N3OS. The molecule has 0 aliphatic heterocycles. The third-order valence-electron chi connectivity index (χ3n) is 4.24. The van der Waals surface area contributed by atoms with E-state index in [4.69, 9.17) is 0 Å². The Balaban J connectivity index is 1.62. The van der Waals surface area contributed by atoms with Crippen LogP contribution < -0.4 is 5.32 Å². The molecule has 0 fully saturated rings. The van der Waals surface area contributed by atoms with Gasteiger partial charge in [0.25, 0.3) is 0 Å². The maximum atomic E-state index is 12.2. The quantitative estimate of drug-likeness (QED) is 0.671. The van der Waals surface area contributed by atoms with Crippen LogP contribution in [-0.2, 0) is 4.79 Å². The molecule has 1 heterocycles. The lowest BCUT2D eigenvalue weighted by atomic mass is 10.0. The number of aryl methyl sites for hydroxylation is 1. The van der Waals surface area contributed by atoms with Crippen molar-refractivity contribution in [3.05, 3.63) is 70.7 Å². The number of benzene rings is 2. The zero-order chi connectivity index (χ0) is 18.5. The van der Waals surface area contributed by atoms with Crippen LogP contribution in [0, 0.1) is 6.92 Å². The molecule has 4 nitrogen and oxygen atoms in total. The summed E-state index contributed by atoms with van der Waals surface area (Å²) in [4.78, 5) is 18.8. The predicted molar refractivity (Wildman–Crippen MR) is 109 cm³/mol. The molecule has 0 saturated carbocycles. The van der Waals surface area contributed by atoms with Gasteiger partial charge in [-0.05, 0) is 44.8 Å². The number of aromatic nitrogens is 1. The second kappa shape index (κ2) is 8.25. The number of nitrogens with one attached hydrogen (secondary N) is 1. The maximum Gasteiger partial charge on any atom is 0.244 e. The fraction of sp³-hybridized carbons (Fsp3) is 0.238. The fourth-order valence-electron chi connectivity index (χ4n) is 2.75. The van der Waals surface area contributed by atoms with Crippen molar-refractivity contribution < 1.29 is 4.79 Å². The van der Waals surface area contributed by atoms with E-state index < -0.39 is 0 Å². The summed E-state index contributed by atoms with van der Waals surface area (Å²) in [6.45, 7) is 2.63. The highest BCUT2D eigenvalue weighted by molar-refractivity contribution is 7.19. The number of fused-ring (bicyclic) bond motifs is 1. The van der Waals surface area contributed by atoms with Gasteiger partial charge in [0.1, 0.15) is 5.01 Å². The van der Waals surface area contributed by atoms with Gasteiger partial charge in [0.2, 0.25) is 5.91 Å². The number of hydrogen-bond donors (Lipinski definition) is 1. The van der Waals surface area contributed by atoms with E-state index in [1.807, 2.05) is 38.4 Å². The number of carbonyl (C=O) groups is 1.